The second kappa shape index (κ2) is 9.15. The lowest BCUT2D eigenvalue weighted by atomic mass is 10.1. The molecule has 1 aromatic carbocycles. The molecule has 1 aromatic rings. The minimum absolute atomic E-state index is 0.124. The molecule has 0 bridgehead atoms. The maximum absolute atomic E-state index is 12.0. The number of hydrogen-bond donors (Lipinski definition) is 3. The van der Waals surface area contributed by atoms with Gasteiger partial charge in [-0.15, -0.1) is 0 Å². The number of carbonyl (C=O) groups is 2. The Morgan fingerprint density at radius 3 is 2.52 bits per heavy atom. The Labute approximate surface area is 137 Å². The molecule has 0 spiro atoms. The van der Waals surface area contributed by atoms with E-state index < -0.39 is 11.7 Å². The molecule has 1 rings (SSSR count). The predicted octanol–water partition coefficient (Wildman–Crippen LogP) is 1.83. The van der Waals surface area contributed by atoms with Crippen LogP contribution in [0.3, 0.4) is 0 Å². The predicted molar refractivity (Wildman–Crippen MR) is 90.4 cm³/mol. The van der Waals surface area contributed by atoms with Crippen molar-refractivity contribution in [1.82, 2.24) is 10.6 Å². The maximum Gasteiger partial charge on any atom is 0.407 e. The monoisotopic (exact) mass is 321 g/mol. The molecule has 4 N–H and O–H groups in total. The molecule has 128 valence electrons. The van der Waals surface area contributed by atoms with Crippen molar-refractivity contribution in [2.75, 3.05) is 19.6 Å². The fourth-order valence-corrected chi connectivity index (χ4v) is 1.93. The molecule has 0 heterocycles. The van der Waals surface area contributed by atoms with E-state index in [4.69, 9.17) is 10.5 Å². The number of amides is 2. The summed E-state index contributed by atoms with van der Waals surface area (Å²) < 4.78 is 5.12. The summed E-state index contributed by atoms with van der Waals surface area (Å²) in [4.78, 5) is 23.5. The van der Waals surface area contributed by atoms with Crippen LogP contribution < -0.4 is 16.4 Å². The molecule has 0 fully saturated rings. The second-order valence-electron chi connectivity index (χ2n) is 6.28. The van der Waals surface area contributed by atoms with Gasteiger partial charge in [-0.2, -0.15) is 0 Å². The lowest BCUT2D eigenvalue weighted by Crippen LogP contribution is -2.34. The third-order valence-corrected chi connectivity index (χ3v) is 2.93. The molecule has 0 saturated heterocycles. The minimum Gasteiger partial charge on any atom is -0.444 e. The molecule has 0 radical (unpaired) electrons. The zero-order valence-electron chi connectivity index (χ0n) is 14.1. The third-order valence-electron chi connectivity index (χ3n) is 2.93. The molecule has 0 aromatic heterocycles. The van der Waals surface area contributed by atoms with Crippen LogP contribution >= 0.6 is 0 Å². The smallest absolute Gasteiger partial charge is 0.407 e. The van der Waals surface area contributed by atoms with Crippen LogP contribution in [0, 0.1) is 0 Å². The van der Waals surface area contributed by atoms with Gasteiger partial charge in [0.1, 0.15) is 5.60 Å². The first-order chi connectivity index (χ1) is 10.8. The largest absolute Gasteiger partial charge is 0.444 e. The molecule has 23 heavy (non-hydrogen) atoms. The molecule has 0 unspecified atom stereocenters. The molecule has 6 nitrogen and oxygen atoms in total. The highest BCUT2D eigenvalue weighted by molar-refractivity contribution is 5.94. The van der Waals surface area contributed by atoms with Gasteiger partial charge in [-0.3, -0.25) is 4.79 Å². The SMILES string of the molecule is CC(C)(C)OC(=O)NCCCNC(=O)c1cccc(CCN)c1. The molecule has 0 aliphatic heterocycles. The van der Waals surface area contributed by atoms with Crippen LogP contribution in [0.15, 0.2) is 24.3 Å². The van der Waals surface area contributed by atoms with Crippen LogP contribution in [-0.4, -0.2) is 37.2 Å². The van der Waals surface area contributed by atoms with Gasteiger partial charge in [0.25, 0.3) is 5.91 Å². The lowest BCUT2D eigenvalue weighted by Gasteiger charge is -2.19. The van der Waals surface area contributed by atoms with E-state index in [0.29, 0.717) is 31.6 Å². The van der Waals surface area contributed by atoms with Crippen molar-refractivity contribution in [3.05, 3.63) is 35.4 Å². The van der Waals surface area contributed by atoms with Crippen molar-refractivity contribution in [1.29, 1.82) is 0 Å². The van der Waals surface area contributed by atoms with E-state index in [2.05, 4.69) is 10.6 Å². The summed E-state index contributed by atoms with van der Waals surface area (Å²) in [6, 6.07) is 7.42. The van der Waals surface area contributed by atoms with Crippen molar-refractivity contribution < 1.29 is 14.3 Å². The first-order valence-electron chi connectivity index (χ1n) is 7.86. The van der Waals surface area contributed by atoms with Crippen LogP contribution in [0.5, 0.6) is 0 Å². The van der Waals surface area contributed by atoms with Crippen LogP contribution in [0.2, 0.25) is 0 Å². The molecule has 0 atom stereocenters. The molecule has 0 aliphatic rings. The van der Waals surface area contributed by atoms with Crippen molar-refractivity contribution in [3.63, 3.8) is 0 Å². The average molecular weight is 321 g/mol. The number of rotatable bonds is 7. The number of hydrogen-bond acceptors (Lipinski definition) is 4. The summed E-state index contributed by atoms with van der Waals surface area (Å²) in [6.07, 6.45) is 0.937. The van der Waals surface area contributed by atoms with E-state index in [1.54, 1.807) is 6.07 Å². The Balaban J connectivity index is 2.27. The van der Waals surface area contributed by atoms with E-state index in [1.807, 2.05) is 39.0 Å². The van der Waals surface area contributed by atoms with E-state index in [0.717, 1.165) is 12.0 Å². The fourth-order valence-electron chi connectivity index (χ4n) is 1.93. The van der Waals surface area contributed by atoms with E-state index in [-0.39, 0.29) is 5.91 Å². The molecule has 0 aliphatic carbocycles. The summed E-state index contributed by atoms with van der Waals surface area (Å²) in [5.74, 6) is -0.124. The minimum atomic E-state index is -0.507. The van der Waals surface area contributed by atoms with Gasteiger partial charge in [0, 0.05) is 18.7 Å². The first-order valence-corrected chi connectivity index (χ1v) is 7.86. The van der Waals surface area contributed by atoms with Crippen LogP contribution in [0.25, 0.3) is 0 Å². The Morgan fingerprint density at radius 2 is 1.87 bits per heavy atom. The normalized spacial score (nSPS) is 11.0. The van der Waals surface area contributed by atoms with E-state index in [1.165, 1.54) is 0 Å². The van der Waals surface area contributed by atoms with Gasteiger partial charge in [-0.1, -0.05) is 12.1 Å². The molecular weight excluding hydrogens is 294 g/mol. The Kier molecular flexibility index (Phi) is 7.54. The van der Waals surface area contributed by atoms with Gasteiger partial charge >= 0.3 is 6.09 Å². The number of ether oxygens (including phenoxy) is 1. The van der Waals surface area contributed by atoms with E-state index >= 15 is 0 Å². The molecule has 6 heteroatoms. The summed E-state index contributed by atoms with van der Waals surface area (Å²) in [7, 11) is 0. The standard InChI is InChI=1S/C17H27N3O3/c1-17(2,3)23-16(22)20-11-5-10-19-15(21)14-7-4-6-13(12-14)8-9-18/h4,6-7,12H,5,8-11,18H2,1-3H3,(H,19,21)(H,20,22). The number of alkyl carbamates (subject to hydrolysis) is 1. The quantitative estimate of drug-likeness (QED) is 0.668. The highest BCUT2D eigenvalue weighted by Gasteiger charge is 2.15. The summed E-state index contributed by atoms with van der Waals surface area (Å²) in [5, 5.41) is 5.48. The molecule has 2 amide bonds. The highest BCUT2D eigenvalue weighted by Crippen LogP contribution is 2.07. The van der Waals surface area contributed by atoms with Crippen LogP contribution in [0.4, 0.5) is 4.79 Å². The zero-order valence-corrected chi connectivity index (χ0v) is 14.1. The van der Waals surface area contributed by atoms with Gasteiger partial charge in [0.05, 0.1) is 0 Å². The van der Waals surface area contributed by atoms with Crippen molar-refractivity contribution in [3.8, 4) is 0 Å². The number of carbonyl (C=O) groups excluding carboxylic acids is 2. The van der Waals surface area contributed by atoms with Crippen molar-refractivity contribution >= 4 is 12.0 Å². The zero-order chi connectivity index (χ0) is 17.3. The van der Waals surface area contributed by atoms with Crippen molar-refractivity contribution in [2.24, 2.45) is 5.73 Å². The van der Waals surface area contributed by atoms with Crippen LogP contribution in [0.1, 0.15) is 43.1 Å². The molecule has 0 saturated carbocycles. The average Bonchev–Trinajstić information content (AvgIpc) is 2.45. The summed E-state index contributed by atoms with van der Waals surface area (Å²) >= 11 is 0. The maximum atomic E-state index is 12.0. The fraction of sp³-hybridized carbons (Fsp3) is 0.529. The molecular formula is C17H27N3O3. The lowest BCUT2D eigenvalue weighted by molar-refractivity contribution is 0.0527. The summed E-state index contributed by atoms with van der Waals surface area (Å²) in [5.41, 5.74) is 6.68. The Hall–Kier alpha value is -2.08. The first kappa shape index (κ1) is 19.0. The topological polar surface area (TPSA) is 93.5 Å². The Bertz CT molecular complexity index is 524. The van der Waals surface area contributed by atoms with Gasteiger partial charge < -0.3 is 21.1 Å². The number of nitrogens with two attached hydrogens (primary N) is 1. The third kappa shape index (κ3) is 8.21. The van der Waals surface area contributed by atoms with Gasteiger partial charge in [0.2, 0.25) is 0 Å². The van der Waals surface area contributed by atoms with Gasteiger partial charge in [-0.05, 0) is 57.9 Å². The van der Waals surface area contributed by atoms with Gasteiger partial charge in [-0.25, -0.2) is 4.79 Å². The van der Waals surface area contributed by atoms with Crippen molar-refractivity contribution in [2.45, 2.75) is 39.2 Å². The summed E-state index contributed by atoms with van der Waals surface area (Å²) in [6.45, 7) is 6.92. The van der Waals surface area contributed by atoms with Crippen LogP contribution in [-0.2, 0) is 11.2 Å². The highest BCUT2D eigenvalue weighted by atomic mass is 16.6. The van der Waals surface area contributed by atoms with Gasteiger partial charge in [0.15, 0.2) is 0 Å². The number of nitrogens with one attached hydrogen (secondary N) is 2. The second-order valence-corrected chi connectivity index (χ2v) is 6.28. The number of benzene rings is 1. The van der Waals surface area contributed by atoms with E-state index in [9.17, 15) is 9.59 Å². The Morgan fingerprint density at radius 1 is 1.17 bits per heavy atom.